The van der Waals surface area contributed by atoms with E-state index in [2.05, 4.69) is 15.2 Å². The second-order valence-corrected chi connectivity index (χ2v) is 6.58. The lowest BCUT2D eigenvalue weighted by atomic mass is 10.1. The van der Waals surface area contributed by atoms with Gasteiger partial charge in [0.1, 0.15) is 11.6 Å². The van der Waals surface area contributed by atoms with Gasteiger partial charge in [0.25, 0.3) is 0 Å². The molecule has 8 nitrogen and oxygen atoms in total. The summed E-state index contributed by atoms with van der Waals surface area (Å²) in [4.78, 5) is 25.5. The largest absolute Gasteiger partial charge is 0.453 e. The van der Waals surface area contributed by atoms with Gasteiger partial charge in [-0.25, -0.2) is 14.7 Å². The highest BCUT2D eigenvalue weighted by Crippen LogP contribution is 2.31. The molecule has 0 aliphatic carbocycles. The number of hydrogen-bond donors (Lipinski definition) is 2. The third-order valence-corrected chi connectivity index (χ3v) is 4.43. The maximum absolute atomic E-state index is 13.1. The summed E-state index contributed by atoms with van der Waals surface area (Å²) in [6, 6.07) is 8.24. The van der Waals surface area contributed by atoms with Crippen molar-refractivity contribution in [3.63, 3.8) is 0 Å². The van der Waals surface area contributed by atoms with Gasteiger partial charge < -0.3 is 9.30 Å². The number of halogens is 3. The number of H-pyrrole nitrogens is 2. The number of rotatable bonds is 5. The molecule has 0 atom stereocenters. The van der Waals surface area contributed by atoms with Crippen LogP contribution >= 0.6 is 0 Å². The fourth-order valence-electron chi connectivity index (χ4n) is 3.03. The van der Waals surface area contributed by atoms with Gasteiger partial charge in [0, 0.05) is 17.1 Å². The molecule has 160 valence electrons. The lowest BCUT2D eigenvalue weighted by Crippen LogP contribution is -2.08. The molecule has 1 aromatic carbocycles. The van der Waals surface area contributed by atoms with Crippen LogP contribution in [0.25, 0.3) is 11.8 Å². The maximum atomic E-state index is 13.1. The van der Waals surface area contributed by atoms with Crippen LogP contribution in [0.1, 0.15) is 28.3 Å². The van der Waals surface area contributed by atoms with E-state index < -0.39 is 23.4 Å². The predicted molar refractivity (Wildman–Crippen MR) is 103 cm³/mol. The second kappa shape index (κ2) is 8.35. The van der Waals surface area contributed by atoms with E-state index in [1.54, 1.807) is 30.6 Å². The van der Waals surface area contributed by atoms with Gasteiger partial charge in [0.15, 0.2) is 12.4 Å². The molecule has 0 aliphatic rings. The first-order chi connectivity index (χ1) is 14.6. The van der Waals surface area contributed by atoms with Gasteiger partial charge in [-0.1, -0.05) is 6.07 Å². The number of benzene rings is 1. The number of nitriles is 1. The quantitative estimate of drug-likeness (QED) is 0.366. The third kappa shape index (κ3) is 4.75. The molecule has 31 heavy (non-hydrogen) atoms. The first-order valence-electron chi connectivity index (χ1n) is 8.89. The Balaban J connectivity index is 1.89. The van der Waals surface area contributed by atoms with Crippen LogP contribution in [-0.2, 0) is 22.3 Å². The molecular weight excluding hydrogens is 415 g/mol. The topological polar surface area (TPSA) is 117 Å². The normalized spacial score (nSPS) is 11.9. The van der Waals surface area contributed by atoms with Crippen molar-refractivity contribution in [3.05, 3.63) is 74.7 Å². The van der Waals surface area contributed by atoms with Crippen LogP contribution < -0.4 is 5.69 Å². The minimum Gasteiger partial charge on any atom is -0.453 e. The van der Waals surface area contributed by atoms with Crippen molar-refractivity contribution in [2.75, 3.05) is 0 Å². The second-order valence-electron chi connectivity index (χ2n) is 6.58. The molecule has 0 bridgehead atoms. The van der Waals surface area contributed by atoms with Gasteiger partial charge in [-0.15, -0.1) is 0 Å². The van der Waals surface area contributed by atoms with Crippen molar-refractivity contribution in [2.24, 2.45) is 0 Å². The minimum atomic E-state index is -4.48. The Hall–Kier alpha value is -4.07. The summed E-state index contributed by atoms with van der Waals surface area (Å²) in [6.07, 6.45) is -3.19. The Morgan fingerprint density at radius 2 is 2.06 bits per heavy atom. The Bertz CT molecular complexity index is 1260. The van der Waals surface area contributed by atoms with E-state index in [1.165, 1.54) is 18.2 Å². The number of hydrogen-bond acceptors (Lipinski definition) is 5. The van der Waals surface area contributed by atoms with E-state index >= 15 is 0 Å². The fourth-order valence-corrected chi connectivity index (χ4v) is 3.03. The average Bonchev–Trinajstić information content (AvgIpc) is 3.25. The molecular formula is C20H16F3N5O3. The molecule has 2 aromatic heterocycles. The number of ether oxygens (including phenoxy) is 1. The molecule has 2 heterocycles. The van der Waals surface area contributed by atoms with Crippen molar-refractivity contribution in [1.82, 2.24) is 19.7 Å². The van der Waals surface area contributed by atoms with Gasteiger partial charge in [0.05, 0.1) is 5.56 Å². The van der Waals surface area contributed by atoms with Crippen LogP contribution in [0.3, 0.4) is 0 Å². The molecule has 2 N–H and O–H groups in total. The zero-order valence-corrected chi connectivity index (χ0v) is 16.4. The lowest BCUT2D eigenvalue weighted by Gasteiger charge is -2.13. The van der Waals surface area contributed by atoms with Crippen molar-refractivity contribution in [1.29, 1.82) is 5.26 Å². The van der Waals surface area contributed by atoms with Crippen LogP contribution in [0.15, 0.2) is 40.7 Å². The number of aryl methyl sites for hydroxylation is 1. The summed E-state index contributed by atoms with van der Waals surface area (Å²) in [5.74, 6) is -0.853. The number of esters is 1. The van der Waals surface area contributed by atoms with E-state index in [4.69, 9.17) is 4.74 Å². The molecule has 11 heteroatoms. The number of aromatic amines is 2. The predicted octanol–water partition coefficient (Wildman–Crippen LogP) is 3.17. The van der Waals surface area contributed by atoms with Crippen LogP contribution in [-0.4, -0.2) is 25.7 Å². The number of alkyl halides is 3. The molecule has 0 fully saturated rings. The first kappa shape index (κ1) is 21.6. The number of nitrogens with zero attached hydrogens (tertiary/aromatic N) is 3. The van der Waals surface area contributed by atoms with Crippen molar-refractivity contribution in [2.45, 2.75) is 26.6 Å². The lowest BCUT2D eigenvalue weighted by molar-refractivity contribution is -0.140. The van der Waals surface area contributed by atoms with E-state index in [1.807, 2.05) is 0 Å². The van der Waals surface area contributed by atoms with Gasteiger partial charge in [-0.2, -0.15) is 23.5 Å². The Morgan fingerprint density at radius 3 is 2.68 bits per heavy atom. The zero-order valence-electron chi connectivity index (χ0n) is 16.4. The SMILES string of the molecule is Cc1cc(/C=C(\C#N)C(=O)OCc2n[nH]c(=O)[nH]2)c(C)n1-c1cccc(C(F)(F)F)c1. The average molecular weight is 431 g/mol. The Morgan fingerprint density at radius 1 is 1.32 bits per heavy atom. The third-order valence-electron chi connectivity index (χ3n) is 4.43. The molecule has 0 spiro atoms. The van der Waals surface area contributed by atoms with Crippen LogP contribution in [0, 0.1) is 25.2 Å². The highest BCUT2D eigenvalue weighted by Gasteiger charge is 2.30. The summed E-state index contributed by atoms with van der Waals surface area (Å²) in [5.41, 5.74) is 0.250. The van der Waals surface area contributed by atoms with E-state index in [9.17, 15) is 28.0 Å². The highest BCUT2D eigenvalue weighted by atomic mass is 19.4. The van der Waals surface area contributed by atoms with Crippen LogP contribution in [0.5, 0.6) is 0 Å². The van der Waals surface area contributed by atoms with Crippen LogP contribution in [0.4, 0.5) is 13.2 Å². The first-order valence-corrected chi connectivity index (χ1v) is 8.89. The summed E-state index contributed by atoms with van der Waals surface area (Å²) in [6.45, 7) is 3.01. The molecule has 3 rings (SSSR count). The van der Waals surface area contributed by atoms with E-state index in [-0.39, 0.29) is 18.0 Å². The smallest absolute Gasteiger partial charge is 0.416 e. The summed E-state index contributed by atoms with van der Waals surface area (Å²) in [5, 5.41) is 15.0. The molecule has 0 saturated carbocycles. The summed E-state index contributed by atoms with van der Waals surface area (Å²) < 4.78 is 45.7. The van der Waals surface area contributed by atoms with Gasteiger partial charge >= 0.3 is 17.8 Å². The van der Waals surface area contributed by atoms with Crippen molar-refractivity contribution in [3.8, 4) is 11.8 Å². The number of carbonyl (C=O) groups is 1. The molecule has 0 unspecified atom stereocenters. The Kier molecular flexibility index (Phi) is 5.83. The van der Waals surface area contributed by atoms with Crippen LogP contribution in [0.2, 0.25) is 0 Å². The number of carbonyl (C=O) groups excluding carboxylic acids is 1. The number of aromatic nitrogens is 4. The summed E-state index contributed by atoms with van der Waals surface area (Å²) in [7, 11) is 0. The molecule has 0 amide bonds. The standard InChI is InChI=1S/C20H16F3N5O3/c1-11-6-13(7-14(9-24)18(29)31-10-17-25-19(30)27-26-17)12(2)28(11)16-5-3-4-15(8-16)20(21,22)23/h3-8H,10H2,1-2H3,(H2,25,26,27,30)/b14-7+. The monoisotopic (exact) mass is 431 g/mol. The molecule has 3 aromatic rings. The van der Waals surface area contributed by atoms with E-state index in [0.29, 0.717) is 22.6 Å². The molecule has 0 radical (unpaired) electrons. The van der Waals surface area contributed by atoms with Gasteiger partial charge in [-0.3, -0.25) is 4.98 Å². The van der Waals surface area contributed by atoms with E-state index in [0.717, 1.165) is 12.1 Å². The zero-order chi connectivity index (χ0) is 22.8. The molecule has 0 saturated heterocycles. The summed E-state index contributed by atoms with van der Waals surface area (Å²) >= 11 is 0. The number of nitrogens with one attached hydrogen (secondary N) is 2. The van der Waals surface area contributed by atoms with Crippen molar-refractivity contribution < 1.29 is 22.7 Å². The maximum Gasteiger partial charge on any atom is 0.416 e. The minimum absolute atomic E-state index is 0.0818. The van der Waals surface area contributed by atoms with Gasteiger partial charge in [0.2, 0.25) is 0 Å². The fraction of sp³-hybridized carbons (Fsp3) is 0.200. The Labute approximate surface area is 173 Å². The van der Waals surface area contributed by atoms with Crippen molar-refractivity contribution >= 4 is 12.0 Å². The van der Waals surface area contributed by atoms with Gasteiger partial charge in [-0.05, 0) is 49.8 Å². The molecule has 0 aliphatic heterocycles. The highest BCUT2D eigenvalue weighted by molar-refractivity contribution is 5.98.